The van der Waals surface area contributed by atoms with Gasteiger partial charge in [0.05, 0.1) is 5.69 Å². The summed E-state index contributed by atoms with van der Waals surface area (Å²) in [6.07, 6.45) is 4.44. The van der Waals surface area contributed by atoms with E-state index in [0.717, 1.165) is 42.0 Å². The number of anilines is 1. The lowest BCUT2D eigenvalue weighted by Gasteiger charge is -2.17. The van der Waals surface area contributed by atoms with E-state index in [1.165, 1.54) is 23.2 Å². The lowest BCUT2D eigenvalue weighted by Crippen LogP contribution is -2.18. The van der Waals surface area contributed by atoms with Crippen molar-refractivity contribution in [1.29, 1.82) is 0 Å². The first-order valence-corrected chi connectivity index (χ1v) is 8.92. The van der Waals surface area contributed by atoms with Crippen molar-refractivity contribution >= 4 is 11.5 Å². The Morgan fingerprint density at radius 2 is 2.00 bits per heavy atom. The zero-order valence-electron chi connectivity index (χ0n) is 14.6. The van der Waals surface area contributed by atoms with Crippen molar-refractivity contribution in [2.45, 2.75) is 52.5 Å². The van der Waals surface area contributed by atoms with Gasteiger partial charge in [-0.15, -0.1) is 0 Å². The maximum Gasteiger partial charge on any atom is 0.165 e. The van der Waals surface area contributed by atoms with E-state index in [2.05, 4.69) is 50.4 Å². The fourth-order valence-corrected chi connectivity index (χ4v) is 3.56. The van der Waals surface area contributed by atoms with Crippen LogP contribution in [0.25, 0.3) is 16.8 Å². The normalized spacial score (nSPS) is 14.8. The summed E-state index contributed by atoms with van der Waals surface area (Å²) in [5, 5.41) is 8.53. The highest BCUT2D eigenvalue weighted by atomic mass is 15.3. The standard InChI is InChI=1S/C20H24N4/c1-4-13(2)21-19-16-11-8-12-17(16)22-20-18(14(3)23-24(19)20)15-9-6-5-7-10-15/h5-7,9-10,13,21H,4,8,11-12H2,1-3H3/t13-/m1/s1. The molecule has 0 saturated carbocycles. The second kappa shape index (κ2) is 5.93. The maximum atomic E-state index is 5.01. The predicted molar refractivity (Wildman–Crippen MR) is 98.6 cm³/mol. The van der Waals surface area contributed by atoms with E-state index in [4.69, 9.17) is 10.1 Å². The fraction of sp³-hybridized carbons (Fsp3) is 0.400. The molecular weight excluding hydrogens is 296 g/mol. The predicted octanol–water partition coefficient (Wildman–Crippen LogP) is 4.40. The Hall–Kier alpha value is -2.36. The number of benzene rings is 1. The molecular formula is C20H24N4. The molecule has 124 valence electrons. The molecule has 2 aromatic heterocycles. The summed E-state index contributed by atoms with van der Waals surface area (Å²) >= 11 is 0. The molecule has 0 saturated heterocycles. The molecule has 1 aliphatic carbocycles. The summed E-state index contributed by atoms with van der Waals surface area (Å²) in [7, 11) is 0. The molecule has 0 unspecified atom stereocenters. The summed E-state index contributed by atoms with van der Waals surface area (Å²) in [5.41, 5.74) is 6.94. The molecule has 0 spiro atoms. The zero-order valence-corrected chi connectivity index (χ0v) is 14.6. The van der Waals surface area contributed by atoms with Gasteiger partial charge in [-0.2, -0.15) is 9.61 Å². The Balaban J connectivity index is 1.98. The first-order chi connectivity index (χ1) is 11.7. The van der Waals surface area contributed by atoms with E-state index < -0.39 is 0 Å². The number of rotatable bonds is 4. The Bertz CT molecular complexity index is 880. The largest absolute Gasteiger partial charge is 0.367 e. The van der Waals surface area contributed by atoms with Gasteiger partial charge in [0.1, 0.15) is 5.82 Å². The quantitative estimate of drug-likeness (QED) is 0.774. The van der Waals surface area contributed by atoms with Gasteiger partial charge >= 0.3 is 0 Å². The third-order valence-electron chi connectivity index (χ3n) is 5.02. The highest BCUT2D eigenvalue weighted by Gasteiger charge is 2.24. The van der Waals surface area contributed by atoms with Gasteiger partial charge in [0, 0.05) is 22.9 Å². The molecule has 1 aromatic carbocycles. The van der Waals surface area contributed by atoms with Crippen LogP contribution >= 0.6 is 0 Å². The number of aromatic nitrogens is 3. The summed E-state index contributed by atoms with van der Waals surface area (Å²) in [6, 6.07) is 10.9. The molecule has 0 amide bonds. The van der Waals surface area contributed by atoms with Gasteiger partial charge in [-0.25, -0.2) is 4.98 Å². The van der Waals surface area contributed by atoms with Crippen molar-refractivity contribution in [1.82, 2.24) is 14.6 Å². The van der Waals surface area contributed by atoms with Crippen LogP contribution in [0.2, 0.25) is 0 Å². The van der Waals surface area contributed by atoms with Crippen LogP contribution < -0.4 is 5.32 Å². The first kappa shape index (κ1) is 15.2. The third kappa shape index (κ3) is 2.37. The Kier molecular flexibility index (Phi) is 3.75. The molecule has 0 radical (unpaired) electrons. The van der Waals surface area contributed by atoms with Crippen LogP contribution in [0.5, 0.6) is 0 Å². The first-order valence-electron chi connectivity index (χ1n) is 8.92. The molecule has 4 nitrogen and oxygen atoms in total. The van der Waals surface area contributed by atoms with Gasteiger partial charge in [-0.3, -0.25) is 0 Å². The highest BCUT2D eigenvalue weighted by molar-refractivity contribution is 5.81. The van der Waals surface area contributed by atoms with Gasteiger partial charge in [0.15, 0.2) is 5.65 Å². The molecule has 1 aliphatic rings. The van der Waals surface area contributed by atoms with Gasteiger partial charge in [0.25, 0.3) is 0 Å². The van der Waals surface area contributed by atoms with Gasteiger partial charge < -0.3 is 5.32 Å². The molecule has 2 heterocycles. The molecule has 0 fully saturated rings. The summed E-state index contributed by atoms with van der Waals surface area (Å²) in [5.74, 6) is 1.15. The van der Waals surface area contributed by atoms with E-state index >= 15 is 0 Å². The second-order valence-electron chi connectivity index (χ2n) is 6.75. The highest BCUT2D eigenvalue weighted by Crippen LogP contribution is 2.34. The van der Waals surface area contributed by atoms with Crippen molar-refractivity contribution in [2.75, 3.05) is 5.32 Å². The number of nitrogens with zero attached hydrogens (tertiary/aromatic N) is 3. The minimum Gasteiger partial charge on any atom is -0.367 e. The summed E-state index contributed by atoms with van der Waals surface area (Å²) in [4.78, 5) is 5.01. The van der Waals surface area contributed by atoms with Crippen LogP contribution in [-0.4, -0.2) is 20.6 Å². The van der Waals surface area contributed by atoms with Crippen LogP contribution in [0.15, 0.2) is 30.3 Å². The number of hydrogen-bond donors (Lipinski definition) is 1. The molecule has 1 atom stereocenters. The van der Waals surface area contributed by atoms with Crippen molar-refractivity contribution < 1.29 is 0 Å². The monoisotopic (exact) mass is 320 g/mol. The fourth-order valence-electron chi connectivity index (χ4n) is 3.56. The Morgan fingerprint density at radius 1 is 1.21 bits per heavy atom. The number of fused-ring (bicyclic) bond motifs is 2. The molecule has 4 rings (SSSR count). The average Bonchev–Trinajstić information content (AvgIpc) is 3.19. The number of hydrogen-bond acceptors (Lipinski definition) is 3. The van der Waals surface area contributed by atoms with Crippen LogP contribution in [-0.2, 0) is 12.8 Å². The van der Waals surface area contributed by atoms with Crippen LogP contribution in [0.1, 0.15) is 43.6 Å². The minimum absolute atomic E-state index is 0.421. The van der Waals surface area contributed by atoms with Crippen molar-refractivity contribution in [3.05, 3.63) is 47.3 Å². The van der Waals surface area contributed by atoms with E-state index in [9.17, 15) is 0 Å². The molecule has 0 aliphatic heterocycles. The smallest absolute Gasteiger partial charge is 0.165 e. The van der Waals surface area contributed by atoms with Gasteiger partial charge in [-0.05, 0) is 45.1 Å². The molecule has 1 N–H and O–H groups in total. The second-order valence-corrected chi connectivity index (χ2v) is 6.75. The van der Waals surface area contributed by atoms with Crippen molar-refractivity contribution in [3.63, 3.8) is 0 Å². The van der Waals surface area contributed by atoms with Gasteiger partial charge in [0.2, 0.25) is 0 Å². The van der Waals surface area contributed by atoms with Crippen LogP contribution in [0.4, 0.5) is 5.82 Å². The molecule has 24 heavy (non-hydrogen) atoms. The summed E-state index contributed by atoms with van der Waals surface area (Å²) < 4.78 is 2.04. The molecule has 0 bridgehead atoms. The number of nitrogens with one attached hydrogen (secondary N) is 1. The lowest BCUT2D eigenvalue weighted by atomic mass is 10.1. The lowest BCUT2D eigenvalue weighted by molar-refractivity contribution is 0.743. The average molecular weight is 320 g/mol. The number of aryl methyl sites for hydroxylation is 2. The van der Waals surface area contributed by atoms with Gasteiger partial charge in [-0.1, -0.05) is 37.3 Å². The summed E-state index contributed by atoms with van der Waals surface area (Å²) in [6.45, 7) is 6.51. The zero-order chi connectivity index (χ0) is 16.7. The van der Waals surface area contributed by atoms with Crippen LogP contribution in [0, 0.1) is 6.92 Å². The third-order valence-corrected chi connectivity index (χ3v) is 5.02. The van der Waals surface area contributed by atoms with Crippen LogP contribution in [0.3, 0.4) is 0 Å². The SMILES string of the molecule is CC[C@@H](C)Nc1c2c(nc3c(-c4ccccc4)c(C)nn13)CCC2. The Morgan fingerprint density at radius 3 is 2.75 bits per heavy atom. The maximum absolute atomic E-state index is 5.01. The van der Waals surface area contributed by atoms with E-state index in [-0.39, 0.29) is 0 Å². The van der Waals surface area contributed by atoms with Crippen molar-refractivity contribution in [2.24, 2.45) is 0 Å². The van der Waals surface area contributed by atoms with E-state index in [1.807, 2.05) is 10.6 Å². The molecule has 3 aromatic rings. The van der Waals surface area contributed by atoms with E-state index in [0.29, 0.717) is 6.04 Å². The Labute approximate surface area is 142 Å². The van der Waals surface area contributed by atoms with E-state index in [1.54, 1.807) is 0 Å². The van der Waals surface area contributed by atoms with Crippen molar-refractivity contribution in [3.8, 4) is 11.1 Å². The molecule has 4 heteroatoms. The minimum atomic E-state index is 0.421. The topological polar surface area (TPSA) is 42.2 Å².